The van der Waals surface area contributed by atoms with Crippen LogP contribution < -0.4 is 0 Å². The van der Waals surface area contributed by atoms with E-state index in [0.29, 0.717) is 13.1 Å². The topological polar surface area (TPSA) is 40.5 Å². The van der Waals surface area contributed by atoms with E-state index < -0.39 is 5.60 Å². The van der Waals surface area contributed by atoms with Crippen molar-refractivity contribution < 1.29 is 9.90 Å². The lowest BCUT2D eigenvalue weighted by atomic mass is 9.94. The molecule has 0 atom stereocenters. The maximum atomic E-state index is 11.7. The van der Waals surface area contributed by atoms with E-state index in [4.69, 9.17) is 0 Å². The van der Waals surface area contributed by atoms with Crippen LogP contribution in [0.1, 0.15) is 19.8 Å². The van der Waals surface area contributed by atoms with Gasteiger partial charge in [0.1, 0.15) is 0 Å². The highest BCUT2D eigenvalue weighted by Gasteiger charge is 2.41. The molecule has 0 unspecified atom stereocenters. The molecule has 1 aliphatic heterocycles. The van der Waals surface area contributed by atoms with Crippen LogP contribution in [0.25, 0.3) is 0 Å². The molecule has 3 nitrogen and oxygen atoms in total. The number of β-amino-alcohol motifs (C(OH)–C–C–N with tert-alkyl or cyclic N) is 1. The van der Waals surface area contributed by atoms with E-state index in [9.17, 15) is 9.90 Å². The van der Waals surface area contributed by atoms with Gasteiger partial charge in [-0.1, -0.05) is 12.2 Å². The van der Waals surface area contributed by atoms with Crippen molar-refractivity contribution >= 4 is 5.91 Å². The minimum absolute atomic E-state index is 0.149. The Bertz CT molecular complexity index is 242. The number of allylic oxidation sites excluding steroid dienone is 2. The van der Waals surface area contributed by atoms with Crippen molar-refractivity contribution in [1.29, 1.82) is 0 Å². The quantitative estimate of drug-likeness (QED) is 0.600. The summed E-state index contributed by atoms with van der Waals surface area (Å²) in [7, 11) is 0. The lowest BCUT2D eigenvalue weighted by molar-refractivity contribution is -0.156. The molecule has 0 spiro atoms. The molecule has 1 amide bonds. The summed E-state index contributed by atoms with van der Waals surface area (Å²) >= 11 is 0. The highest BCUT2D eigenvalue weighted by Crippen LogP contribution is 2.26. The number of likely N-dealkylation sites (tertiary alicyclic amines) is 1. The number of nitrogens with zero attached hydrogens (tertiary/aromatic N) is 1. The summed E-state index contributed by atoms with van der Waals surface area (Å²) in [5.74, 6) is 0.354. The van der Waals surface area contributed by atoms with Gasteiger partial charge in [-0.15, -0.1) is 0 Å². The molecule has 0 aromatic heterocycles. The summed E-state index contributed by atoms with van der Waals surface area (Å²) in [6.45, 7) is 2.77. The number of rotatable bonds is 1. The Labute approximate surface area is 78.0 Å². The Morgan fingerprint density at radius 2 is 2.00 bits per heavy atom. The number of carbonyl (C=O) groups is 1. The van der Waals surface area contributed by atoms with Crippen molar-refractivity contribution in [2.24, 2.45) is 5.92 Å². The highest BCUT2D eigenvalue weighted by atomic mass is 16.3. The smallest absolute Gasteiger partial charge is 0.226 e. The number of amides is 1. The molecule has 0 saturated carbocycles. The van der Waals surface area contributed by atoms with Crippen LogP contribution in [0.2, 0.25) is 0 Å². The molecule has 2 rings (SSSR count). The van der Waals surface area contributed by atoms with Gasteiger partial charge in [0.25, 0.3) is 0 Å². The molecule has 2 aliphatic rings. The summed E-state index contributed by atoms with van der Waals surface area (Å²) < 4.78 is 0. The first-order valence-corrected chi connectivity index (χ1v) is 4.75. The van der Waals surface area contributed by atoms with E-state index in [0.717, 1.165) is 12.8 Å². The van der Waals surface area contributed by atoms with Crippen LogP contribution in [-0.4, -0.2) is 34.6 Å². The fourth-order valence-corrected chi connectivity index (χ4v) is 2.01. The number of aliphatic hydroxyl groups is 1. The monoisotopic (exact) mass is 181 g/mol. The molecule has 0 aromatic rings. The summed E-state index contributed by atoms with van der Waals surface area (Å²) in [6.07, 6.45) is 5.86. The molecular formula is C10H15NO2. The molecular weight excluding hydrogens is 166 g/mol. The van der Waals surface area contributed by atoms with Gasteiger partial charge in [0, 0.05) is 5.92 Å². The second kappa shape index (κ2) is 2.84. The van der Waals surface area contributed by atoms with Crippen LogP contribution in [0.5, 0.6) is 0 Å². The molecule has 1 aliphatic carbocycles. The Balaban J connectivity index is 1.86. The minimum atomic E-state index is -0.637. The summed E-state index contributed by atoms with van der Waals surface area (Å²) in [4.78, 5) is 13.4. The van der Waals surface area contributed by atoms with Crippen molar-refractivity contribution in [2.75, 3.05) is 13.1 Å². The van der Waals surface area contributed by atoms with Gasteiger partial charge in [0.15, 0.2) is 0 Å². The summed E-state index contributed by atoms with van der Waals surface area (Å²) in [5.41, 5.74) is -0.637. The average Bonchev–Trinajstić information content (AvgIpc) is 2.50. The molecule has 1 fully saturated rings. The second-order valence-electron chi connectivity index (χ2n) is 4.33. The van der Waals surface area contributed by atoms with Gasteiger partial charge in [-0.2, -0.15) is 0 Å². The molecule has 1 saturated heterocycles. The third-order valence-corrected chi connectivity index (χ3v) is 2.73. The largest absolute Gasteiger partial charge is 0.386 e. The molecule has 13 heavy (non-hydrogen) atoms. The van der Waals surface area contributed by atoms with Gasteiger partial charge < -0.3 is 10.0 Å². The fraction of sp³-hybridized carbons (Fsp3) is 0.700. The summed E-state index contributed by atoms with van der Waals surface area (Å²) in [5, 5.41) is 9.47. The van der Waals surface area contributed by atoms with Crippen molar-refractivity contribution in [3.63, 3.8) is 0 Å². The van der Waals surface area contributed by atoms with Gasteiger partial charge in [0.05, 0.1) is 18.7 Å². The zero-order valence-corrected chi connectivity index (χ0v) is 7.86. The van der Waals surface area contributed by atoms with E-state index in [-0.39, 0.29) is 11.8 Å². The molecule has 72 valence electrons. The van der Waals surface area contributed by atoms with Gasteiger partial charge in [-0.25, -0.2) is 0 Å². The maximum Gasteiger partial charge on any atom is 0.226 e. The molecule has 0 radical (unpaired) electrons. The first kappa shape index (κ1) is 8.75. The van der Waals surface area contributed by atoms with E-state index >= 15 is 0 Å². The van der Waals surface area contributed by atoms with Crippen LogP contribution in [0, 0.1) is 5.92 Å². The van der Waals surface area contributed by atoms with Crippen LogP contribution in [0.3, 0.4) is 0 Å². The predicted octanol–water partition coefficient (Wildman–Crippen LogP) is 0.546. The van der Waals surface area contributed by atoms with Gasteiger partial charge in [0.2, 0.25) is 5.91 Å². The first-order valence-electron chi connectivity index (χ1n) is 4.75. The number of hydrogen-bond donors (Lipinski definition) is 1. The van der Waals surface area contributed by atoms with Crippen molar-refractivity contribution in [3.8, 4) is 0 Å². The fourth-order valence-electron chi connectivity index (χ4n) is 2.01. The van der Waals surface area contributed by atoms with Crippen molar-refractivity contribution in [2.45, 2.75) is 25.4 Å². The number of carbonyl (C=O) groups excluding carboxylic acids is 1. The standard InChI is InChI=1S/C10H15NO2/c1-10(13)6-11(7-10)9(12)8-4-2-3-5-8/h2-3,8,13H,4-7H2,1H3. The molecule has 1 N–H and O–H groups in total. The van der Waals surface area contributed by atoms with Gasteiger partial charge in [-0.3, -0.25) is 4.79 Å². The SMILES string of the molecule is CC1(O)CN(C(=O)C2CC=CC2)C1. The second-order valence-corrected chi connectivity index (χ2v) is 4.33. The van der Waals surface area contributed by atoms with Crippen LogP contribution in [0.15, 0.2) is 12.2 Å². The minimum Gasteiger partial charge on any atom is -0.386 e. The molecule has 0 aromatic carbocycles. The molecule has 3 heteroatoms. The van der Waals surface area contributed by atoms with Crippen molar-refractivity contribution in [3.05, 3.63) is 12.2 Å². The summed E-state index contributed by atoms with van der Waals surface area (Å²) in [6, 6.07) is 0. The molecule has 1 heterocycles. The zero-order valence-electron chi connectivity index (χ0n) is 7.86. The Morgan fingerprint density at radius 3 is 2.46 bits per heavy atom. The normalized spacial score (nSPS) is 26.2. The zero-order chi connectivity index (χ0) is 9.47. The van der Waals surface area contributed by atoms with E-state index in [2.05, 4.69) is 12.2 Å². The van der Waals surface area contributed by atoms with Crippen LogP contribution in [0.4, 0.5) is 0 Å². The number of hydrogen-bond acceptors (Lipinski definition) is 2. The van der Waals surface area contributed by atoms with E-state index in [1.807, 2.05) is 0 Å². The Morgan fingerprint density at radius 1 is 1.46 bits per heavy atom. The van der Waals surface area contributed by atoms with Crippen LogP contribution in [-0.2, 0) is 4.79 Å². The van der Waals surface area contributed by atoms with Gasteiger partial charge >= 0.3 is 0 Å². The molecule has 0 bridgehead atoms. The Kier molecular flexibility index (Phi) is 1.91. The van der Waals surface area contributed by atoms with Crippen LogP contribution >= 0.6 is 0 Å². The van der Waals surface area contributed by atoms with E-state index in [1.54, 1.807) is 11.8 Å². The third-order valence-electron chi connectivity index (χ3n) is 2.73. The predicted molar refractivity (Wildman–Crippen MR) is 49.1 cm³/mol. The van der Waals surface area contributed by atoms with Crippen molar-refractivity contribution in [1.82, 2.24) is 4.90 Å². The third kappa shape index (κ3) is 1.61. The van der Waals surface area contributed by atoms with E-state index in [1.165, 1.54) is 0 Å². The lowest BCUT2D eigenvalue weighted by Crippen LogP contribution is -2.62. The maximum absolute atomic E-state index is 11.7. The van der Waals surface area contributed by atoms with Gasteiger partial charge in [-0.05, 0) is 19.8 Å². The lowest BCUT2D eigenvalue weighted by Gasteiger charge is -2.45. The highest BCUT2D eigenvalue weighted by molar-refractivity contribution is 5.80. The average molecular weight is 181 g/mol. The Hall–Kier alpha value is -0.830. The first-order chi connectivity index (χ1) is 6.08.